The van der Waals surface area contributed by atoms with Gasteiger partial charge in [0.1, 0.15) is 5.78 Å². The zero-order chi connectivity index (χ0) is 14.4. The Balaban J connectivity index is 2.77. The molecule has 0 amide bonds. The van der Waals surface area contributed by atoms with Crippen molar-refractivity contribution in [3.05, 3.63) is 33.1 Å². The molecule has 1 rings (SSSR count). The highest BCUT2D eigenvalue weighted by Crippen LogP contribution is 2.24. The number of hydrogen-bond donors (Lipinski definition) is 0. The lowest BCUT2D eigenvalue weighted by Gasteiger charge is -2.07. The molecule has 0 spiro atoms. The number of aromatic nitrogens is 1. The van der Waals surface area contributed by atoms with E-state index in [1.165, 1.54) is 6.20 Å². The summed E-state index contributed by atoms with van der Waals surface area (Å²) >= 11 is 3.28. The van der Waals surface area contributed by atoms with Gasteiger partial charge in [-0.25, -0.2) is 0 Å². The first kappa shape index (κ1) is 15.8. The van der Waals surface area contributed by atoms with Crippen molar-refractivity contribution < 1.29 is 9.72 Å². The van der Waals surface area contributed by atoms with E-state index in [-0.39, 0.29) is 16.4 Å². The topological polar surface area (TPSA) is 73.1 Å². The lowest BCUT2D eigenvalue weighted by Crippen LogP contribution is -2.06. The summed E-state index contributed by atoms with van der Waals surface area (Å²) in [5, 5.41) is 11.8. The van der Waals surface area contributed by atoms with E-state index in [9.17, 15) is 14.9 Å². The van der Waals surface area contributed by atoms with Crippen LogP contribution in [0.2, 0.25) is 0 Å². The molecule has 0 fully saturated rings. The number of nitrogens with zero attached hydrogens (tertiary/aromatic N) is 2. The molecule has 0 aromatic carbocycles. The molecule has 1 aromatic heterocycles. The summed E-state index contributed by atoms with van der Waals surface area (Å²) < 4.78 is 0. The second kappa shape index (κ2) is 7.33. The number of hydrogen-bond acceptors (Lipinski definition) is 4. The molecule has 5 nitrogen and oxygen atoms in total. The van der Waals surface area contributed by atoms with Crippen molar-refractivity contribution in [3.63, 3.8) is 0 Å². The molecule has 1 aromatic rings. The van der Waals surface area contributed by atoms with Crippen LogP contribution in [0.5, 0.6) is 0 Å². The van der Waals surface area contributed by atoms with Crippen LogP contribution in [0.15, 0.2) is 6.20 Å². The normalized spacial score (nSPS) is 10.5. The highest BCUT2D eigenvalue weighted by Gasteiger charge is 2.18. The first-order valence-corrected chi connectivity index (χ1v) is 7.26. The van der Waals surface area contributed by atoms with Crippen LogP contribution in [0.4, 0.5) is 5.69 Å². The maximum absolute atomic E-state index is 11.6. The predicted molar refractivity (Wildman–Crippen MR) is 76.7 cm³/mol. The Kier molecular flexibility index (Phi) is 6.08. The number of pyridine rings is 1. The van der Waals surface area contributed by atoms with Crippen molar-refractivity contribution in [1.82, 2.24) is 4.98 Å². The fraction of sp³-hybridized carbons (Fsp3) is 0.538. The Morgan fingerprint density at radius 1 is 1.42 bits per heavy atom. The fourth-order valence-electron chi connectivity index (χ4n) is 1.94. The van der Waals surface area contributed by atoms with E-state index in [1.807, 2.05) is 0 Å². The summed E-state index contributed by atoms with van der Waals surface area (Å²) in [7, 11) is 0. The third-order valence-corrected chi connectivity index (χ3v) is 3.55. The maximum Gasteiger partial charge on any atom is 0.278 e. The third kappa shape index (κ3) is 4.38. The summed E-state index contributed by atoms with van der Waals surface area (Å²) in [5.74, 6) is 0.170. The van der Waals surface area contributed by atoms with E-state index in [0.717, 1.165) is 11.8 Å². The van der Waals surface area contributed by atoms with Gasteiger partial charge in [0, 0.05) is 35.5 Å². The van der Waals surface area contributed by atoms with Crippen LogP contribution in [-0.2, 0) is 11.2 Å². The monoisotopic (exact) mass is 328 g/mol. The minimum atomic E-state index is -0.386. The Morgan fingerprint density at radius 2 is 2.11 bits per heavy atom. The van der Waals surface area contributed by atoms with Gasteiger partial charge >= 0.3 is 0 Å². The van der Waals surface area contributed by atoms with Crippen LogP contribution in [0.1, 0.15) is 36.1 Å². The van der Waals surface area contributed by atoms with Gasteiger partial charge in [0.05, 0.1) is 10.6 Å². The molecule has 6 heteroatoms. The van der Waals surface area contributed by atoms with Crippen molar-refractivity contribution in [2.75, 3.05) is 5.33 Å². The van der Waals surface area contributed by atoms with Crippen molar-refractivity contribution in [2.24, 2.45) is 0 Å². The average molecular weight is 329 g/mol. The van der Waals surface area contributed by atoms with Crippen LogP contribution in [0, 0.1) is 24.0 Å². The standard InChI is InChI=1S/C13H17BrN2O3/c1-9-8-15-12(10(2)13(9)16(18)19)6-5-11(17)4-3-7-14/h8H,3-7H2,1-2H3. The number of carbonyl (C=O) groups excluding carboxylic acids is 1. The quantitative estimate of drug-likeness (QED) is 0.437. The molecule has 0 unspecified atom stereocenters. The number of nitro groups is 1. The van der Waals surface area contributed by atoms with Crippen LogP contribution in [-0.4, -0.2) is 21.0 Å². The molecule has 104 valence electrons. The van der Waals surface area contributed by atoms with Crippen molar-refractivity contribution in [3.8, 4) is 0 Å². The van der Waals surface area contributed by atoms with E-state index in [4.69, 9.17) is 0 Å². The molecule has 0 aliphatic rings. The van der Waals surface area contributed by atoms with Crippen LogP contribution in [0.3, 0.4) is 0 Å². The van der Waals surface area contributed by atoms with E-state index in [1.54, 1.807) is 13.8 Å². The second-order valence-corrected chi connectivity index (χ2v) is 5.24. The van der Waals surface area contributed by atoms with Gasteiger partial charge in [0.15, 0.2) is 0 Å². The van der Waals surface area contributed by atoms with Crippen molar-refractivity contribution in [2.45, 2.75) is 39.5 Å². The first-order valence-electron chi connectivity index (χ1n) is 6.14. The van der Waals surface area contributed by atoms with Gasteiger partial charge < -0.3 is 0 Å². The number of alkyl halides is 1. The molecule has 0 atom stereocenters. The molecule has 0 saturated heterocycles. The van der Waals surface area contributed by atoms with Crippen LogP contribution >= 0.6 is 15.9 Å². The molecule has 0 N–H and O–H groups in total. The predicted octanol–water partition coefficient (Wildman–Crippen LogP) is 3.28. The SMILES string of the molecule is Cc1cnc(CCC(=O)CCCBr)c(C)c1[N+](=O)[O-]. The minimum absolute atomic E-state index is 0.109. The Bertz CT molecular complexity index is 489. The molecule has 0 radical (unpaired) electrons. The Labute approximate surface area is 120 Å². The zero-order valence-electron chi connectivity index (χ0n) is 11.1. The minimum Gasteiger partial charge on any atom is -0.300 e. The van der Waals surface area contributed by atoms with Gasteiger partial charge in [-0.3, -0.25) is 19.9 Å². The molecule has 1 heterocycles. The number of rotatable bonds is 7. The lowest BCUT2D eigenvalue weighted by atomic mass is 10.0. The fourth-order valence-corrected chi connectivity index (χ4v) is 2.23. The van der Waals surface area contributed by atoms with Crippen molar-refractivity contribution >= 4 is 27.4 Å². The second-order valence-electron chi connectivity index (χ2n) is 4.45. The molecule has 19 heavy (non-hydrogen) atoms. The highest BCUT2D eigenvalue weighted by molar-refractivity contribution is 9.09. The Morgan fingerprint density at radius 3 is 2.68 bits per heavy atom. The highest BCUT2D eigenvalue weighted by atomic mass is 79.9. The lowest BCUT2D eigenvalue weighted by molar-refractivity contribution is -0.386. The molecule has 0 bridgehead atoms. The summed E-state index contributed by atoms with van der Waals surface area (Å²) in [6.07, 6.45) is 3.72. The number of ketones is 1. The van der Waals surface area contributed by atoms with Crippen LogP contribution < -0.4 is 0 Å². The van der Waals surface area contributed by atoms with E-state index in [0.29, 0.717) is 36.1 Å². The summed E-state index contributed by atoms with van der Waals surface area (Å²) in [6.45, 7) is 3.36. The number of carbonyl (C=O) groups is 1. The van der Waals surface area contributed by atoms with Gasteiger partial charge in [-0.1, -0.05) is 15.9 Å². The summed E-state index contributed by atoms with van der Waals surface area (Å²) in [5.41, 5.74) is 1.87. The molecule has 0 aliphatic carbocycles. The molecular formula is C13H17BrN2O3. The molecule has 0 aliphatic heterocycles. The largest absolute Gasteiger partial charge is 0.300 e. The van der Waals surface area contributed by atoms with E-state index in [2.05, 4.69) is 20.9 Å². The van der Waals surface area contributed by atoms with E-state index >= 15 is 0 Å². The Hall–Kier alpha value is -1.30. The van der Waals surface area contributed by atoms with Gasteiger partial charge in [0.25, 0.3) is 5.69 Å². The van der Waals surface area contributed by atoms with E-state index < -0.39 is 0 Å². The summed E-state index contributed by atoms with van der Waals surface area (Å²) in [4.78, 5) is 26.4. The van der Waals surface area contributed by atoms with Gasteiger partial charge in [-0.05, 0) is 26.7 Å². The van der Waals surface area contributed by atoms with Gasteiger partial charge in [-0.2, -0.15) is 0 Å². The van der Waals surface area contributed by atoms with Crippen molar-refractivity contribution in [1.29, 1.82) is 0 Å². The maximum atomic E-state index is 11.6. The smallest absolute Gasteiger partial charge is 0.278 e. The number of Topliss-reactive ketones (excluding diaryl/α,β-unsaturated/α-hetero) is 1. The third-order valence-electron chi connectivity index (χ3n) is 2.99. The molecule has 0 saturated carbocycles. The zero-order valence-corrected chi connectivity index (χ0v) is 12.7. The molecular weight excluding hydrogens is 312 g/mol. The number of halogens is 1. The number of aryl methyl sites for hydroxylation is 2. The average Bonchev–Trinajstić information content (AvgIpc) is 2.35. The van der Waals surface area contributed by atoms with Crippen LogP contribution in [0.25, 0.3) is 0 Å². The van der Waals surface area contributed by atoms with Gasteiger partial charge in [0.2, 0.25) is 0 Å². The van der Waals surface area contributed by atoms with Gasteiger partial charge in [-0.15, -0.1) is 0 Å². The first-order chi connectivity index (χ1) is 8.97. The summed E-state index contributed by atoms with van der Waals surface area (Å²) in [6, 6.07) is 0.